The van der Waals surface area contributed by atoms with E-state index < -0.39 is 5.82 Å². The van der Waals surface area contributed by atoms with Crippen LogP contribution in [0.15, 0.2) is 18.2 Å². The lowest BCUT2D eigenvalue weighted by Gasteiger charge is -2.17. The molecule has 0 fully saturated rings. The van der Waals surface area contributed by atoms with Gasteiger partial charge in [-0.25, -0.2) is 4.39 Å². The SMILES string of the molecule is COC(=O)CCCN(C)C(=O)c1ccc(F)c(Cl)c1. The van der Waals surface area contributed by atoms with Crippen molar-refractivity contribution in [1.82, 2.24) is 4.90 Å². The van der Waals surface area contributed by atoms with Crippen molar-refractivity contribution in [2.45, 2.75) is 12.8 Å². The number of esters is 1. The fourth-order valence-electron chi connectivity index (χ4n) is 1.51. The second kappa shape index (κ2) is 7.09. The summed E-state index contributed by atoms with van der Waals surface area (Å²) < 4.78 is 17.5. The van der Waals surface area contributed by atoms with Crippen molar-refractivity contribution in [3.63, 3.8) is 0 Å². The van der Waals surface area contributed by atoms with Gasteiger partial charge in [0.2, 0.25) is 0 Å². The maximum absolute atomic E-state index is 13.0. The quantitative estimate of drug-likeness (QED) is 0.782. The zero-order chi connectivity index (χ0) is 14.4. The van der Waals surface area contributed by atoms with Crippen LogP contribution in [0.3, 0.4) is 0 Å². The Morgan fingerprint density at radius 3 is 2.68 bits per heavy atom. The van der Waals surface area contributed by atoms with E-state index in [2.05, 4.69) is 4.74 Å². The molecule has 0 heterocycles. The summed E-state index contributed by atoms with van der Waals surface area (Å²) >= 11 is 5.62. The molecule has 1 aromatic rings. The van der Waals surface area contributed by atoms with E-state index in [-0.39, 0.29) is 23.3 Å². The average Bonchev–Trinajstić information content (AvgIpc) is 2.40. The fraction of sp³-hybridized carbons (Fsp3) is 0.385. The van der Waals surface area contributed by atoms with E-state index in [0.29, 0.717) is 18.5 Å². The van der Waals surface area contributed by atoms with Crippen LogP contribution in [0.2, 0.25) is 5.02 Å². The van der Waals surface area contributed by atoms with E-state index in [4.69, 9.17) is 11.6 Å². The smallest absolute Gasteiger partial charge is 0.305 e. The average molecular weight is 288 g/mol. The molecule has 1 rings (SSSR count). The molecule has 4 nitrogen and oxygen atoms in total. The molecule has 0 radical (unpaired) electrons. The molecule has 104 valence electrons. The van der Waals surface area contributed by atoms with Gasteiger partial charge in [0.25, 0.3) is 5.91 Å². The first-order valence-corrected chi connectivity index (χ1v) is 6.11. The van der Waals surface area contributed by atoms with Crippen LogP contribution in [0, 0.1) is 5.82 Å². The van der Waals surface area contributed by atoms with Crippen LogP contribution in [0.25, 0.3) is 0 Å². The molecule has 0 aliphatic heterocycles. The topological polar surface area (TPSA) is 46.6 Å². The van der Waals surface area contributed by atoms with Crippen LogP contribution in [0.4, 0.5) is 4.39 Å². The first-order chi connectivity index (χ1) is 8.95. The third-order valence-corrected chi connectivity index (χ3v) is 2.90. The molecular weight excluding hydrogens is 273 g/mol. The third-order valence-electron chi connectivity index (χ3n) is 2.62. The number of methoxy groups -OCH3 is 1. The van der Waals surface area contributed by atoms with E-state index in [9.17, 15) is 14.0 Å². The fourth-order valence-corrected chi connectivity index (χ4v) is 1.69. The summed E-state index contributed by atoms with van der Waals surface area (Å²) in [7, 11) is 2.93. The minimum absolute atomic E-state index is 0.0891. The van der Waals surface area contributed by atoms with Gasteiger partial charge in [0.05, 0.1) is 12.1 Å². The Morgan fingerprint density at radius 1 is 1.42 bits per heavy atom. The van der Waals surface area contributed by atoms with Crippen LogP contribution >= 0.6 is 11.6 Å². The zero-order valence-electron chi connectivity index (χ0n) is 10.8. The number of hydrogen-bond donors (Lipinski definition) is 0. The van der Waals surface area contributed by atoms with E-state index in [0.717, 1.165) is 6.07 Å². The molecule has 0 N–H and O–H groups in total. The van der Waals surface area contributed by atoms with Crippen molar-refractivity contribution in [2.75, 3.05) is 20.7 Å². The van der Waals surface area contributed by atoms with E-state index >= 15 is 0 Å². The molecule has 0 saturated heterocycles. The van der Waals surface area contributed by atoms with E-state index in [1.807, 2.05) is 0 Å². The summed E-state index contributed by atoms with van der Waals surface area (Å²) in [5, 5.41) is -0.0891. The number of nitrogens with zero attached hydrogens (tertiary/aromatic N) is 1. The van der Waals surface area contributed by atoms with Gasteiger partial charge in [-0.1, -0.05) is 11.6 Å². The molecule has 1 aromatic carbocycles. The largest absolute Gasteiger partial charge is 0.469 e. The molecule has 0 spiro atoms. The van der Waals surface area contributed by atoms with Crippen LogP contribution in [0.5, 0.6) is 0 Å². The molecule has 0 aliphatic carbocycles. The summed E-state index contributed by atoms with van der Waals surface area (Å²) in [4.78, 5) is 24.4. The third kappa shape index (κ3) is 4.52. The molecule has 0 saturated carbocycles. The second-order valence-electron chi connectivity index (χ2n) is 4.04. The van der Waals surface area contributed by atoms with Gasteiger partial charge in [-0.05, 0) is 24.6 Å². The Morgan fingerprint density at radius 2 is 2.11 bits per heavy atom. The maximum atomic E-state index is 13.0. The second-order valence-corrected chi connectivity index (χ2v) is 4.44. The monoisotopic (exact) mass is 287 g/mol. The van der Waals surface area contributed by atoms with Crippen molar-refractivity contribution in [1.29, 1.82) is 0 Å². The van der Waals surface area contributed by atoms with Gasteiger partial charge in [-0.15, -0.1) is 0 Å². The molecule has 1 amide bonds. The van der Waals surface area contributed by atoms with Crippen molar-refractivity contribution in [3.8, 4) is 0 Å². The molecule has 19 heavy (non-hydrogen) atoms. The highest BCUT2D eigenvalue weighted by Gasteiger charge is 2.13. The summed E-state index contributed by atoms with van der Waals surface area (Å²) in [5.41, 5.74) is 0.312. The number of benzene rings is 1. The lowest BCUT2D eigenvalue weighted by Crippen LogP contribution is -2.28. The Balaban J connectivity index is 2.56. The zero-order valence-corrected chi connectivity index (χ0v) is 11.5. The van der Waals surface area contributed by atoms with Gasteiger partial charge in [-0.3, -0.25) is 9.59 Å². The number of halogens is 2. The number of ether oxygens (including phenoxy) is 1. The van der Waals surface area contributed by atoms with Crippen molar-refractivity contribution >= 4 is 23.5 Å². The maximum Gasteiger partial charge on any atom is 0.305 e. The number of rotatable bonds is 5. The molecular formula is C13H15ClFNO3. The van der Waals surface area contributed by atoms with Crippen molar-refractivity contribution in [3.05, 3.63) is 34.6 Å². The van der Waals surface area contributed by atoms with Crippen LogP contribution in [-0.2, 0) is 9.53 Å². The Labute approximate surface area is 116 Å². The number of carbonyl (C=O) groups excluding carboxylic acids is 2. The predicted molar refractivity (Wildman–Crippen MR) is 69.6 cm³/mol. The Bertz CT molecular complexity index is 479. The first-order valence-electron chi connectivity index (χ1n) is 5.73. The highest BCUT2D eigenvalue weighted by atomic mass is 35.5. The summed E-state index contributed by atoms with van der Waals surface area (Å²) in [5.74, 6) is -1.15. The Hall–Kier alpha value is -1.62. The lowest BCUT2D eigenvalue weighted by atomic mass is 10.2. The predicted octanol–water partition coefficient (Wildman–Crippen LogP) is 2.50. The molecule has 0 atom stereocenters. The standard InChI is InChI=1S/C13H15ClFNO3/c1-16(7-3-4-12(17)19-2)13(18)9-5-6-11(15)10(14)8-9/h5-6,8H,3-4,7H2,1-2H3. The molecule has 0 bridgehead atoms. The molecule has 6 heteroatoms. The minimum atomic E-state index is -0.563. The van der Waals surface area contributed by atoms with Gasteiger partial charge >= 0.3 is 5.97 Å². The highest BCUT2D eigenvalue weighted by molar-refractivity contribution is 6.31. The number of hydrogen-bond acceptors (Lipinski definition) is 3. The van der Waals surface area contributed by atoms with Gasteiger partial charge in [-0.2, -0.15) is 0 Å². The van der Waals surface area contributed by atoms with Crippen LogP contribution in [-0.4, -0.2) is 37.5 Å². The summed E-state index contributed by atoms with van der Waals surface area (Å²) in [6, 6.07) is 3.81. The molecule has 0 unspecified atom stereocenters. The normalized spacial score (nSPS) is 10.1. The number of carbonyl (C=O) groups is 2. The van der Waals surface area contributed by atoms with Crippen molar-refractivity contribution < 1.29 is 18.7 Å². The highest BCUT2D eigenvalue weighted by Crippen LogP contribution is 2.17. The van der Waals surface area contributed by atoms with Gasteiger partial charge < -0.3 is 9.64 Å². The minimum Gasteiger partial charge on any atom is -0.469 e. The summed E-state index contributed by atoms with van der Waals surface area (Å²) in [6.07, 6.45) is 0.752. The van der Waals surface area contributed by atoms with E-state index in [1.54, 1.807) is 7.05 Å². The first kappa shape index (κ1) is 15.4. The van der Waals surface area contributed by atoms with E-state index in [1.165, 1.54) is 24.1 Å². The van der Waals surface area contributed by atoms with Gasteiger partial charge in [0, 0.05) is 25.6 Å². The van der Waals surface area contributed by atoms with Gasteiger partial charge in [0.1, 0.15) is 5.82 Å². The number of amides is 1. The van der Waals surface area contributed by atoms with Crippen molar-refractivity contribution in [2.24, 2.45) is 0 Å². The van der Waals surface area contributed by atoms with Crippen LogP contribution < -0.4 is 0 Å². The molecule has 0 aliphatic rings. The Kier molecular flexibility index (Phi) is 5.76. The molecule has 0 aromatic heterocycles. The van der Waals surface area contributed by atoms with Gasteiger partial charge in [0.15, 0.2) is 0 Å². The van der Waals surface area contributed by atoms with Crippen LogP contribution in [0.1, 0.15) is 23.2 Å². The lowest BCUT2D eigenvalue weighted by molar-refractivity contribution is -0.140. The summed E-state index contributed by atoms with van der Waals surface area (Å²) in [6.45, 7) is 0.406.